The van der Waals surface area contributed by atoms with Gasteiger partial charge in [0.2, 0.25) is 5.91 Å². The summed E-state index contributed by atoms with van der Waals surface area (Å²) in [5.41, 5.74) is 12.9. The number of nitrogens with two attached hydrogens (primary N) is 1. The lowest BCUT2D eigenvalue weighted by molar-refractivity contribution is -0.117. The number of aryl methyl sites for hydroxylation is 2. The summed E-state index contributed by atoms with van der Waals surface area (Å²) >= 11 is 6.17. The van der Waals surface area contributed by atoms with E-state index in [0.29, 0.717) is 17.9 Å². The molecule has 1 aliphatic carbocycles. The lowest BCUT2D eigenvalue weighted by atomic mass is 10.1. The van der Waals surface area contributed by atoms with Crippen LogP contribution in [-0.4, -0.2) is 10.9 Å². The Morgan fingerprint density at radius 3 is 2.68 bits per heavy atom. The highest BCUT2D eigenvalue weighted by molar-refractivity contribution is 6.30. The van der Waals surface area contributed by atoms with Crippen LogP contribution in [-0.2, 0) is 24.1 Å². The fraction of sp³-hybridized carbons (Fsp3) is 0.217. The van der Waals surface area contributed by atoms with E-state index < -0.39 is 0 Å². The molecular formula is C23H22ClN3O. The second-order valence-electron chi connectivity index (χ2n) is 7.13. The summed E-state index contributed by atoms with van der Waals surface area (Å²) in [6.07, 6.45) is 4.20. The van der Waals surface area contributed by atoms with Crippen LogP contribution in [0.4, 0.5) is 11.4 Å². The Kier molecular flexibility index (Phi) is 5.31. The maximum atomic E-state index is 11.0. The van der Waals surface area contributed by atoms with Crippen molar-refractivity contribution in [1.29, 1.82) is 0 Å². The number of nitrogens with one attached hydrogen (secondary N) is 1. The molecule has 142 valence electrons. The third-order valence-electron chi connectivity index (χ3n) is 5.06. The Morgan fingerprint density at radius 2 is 1.93 bits per heavy atom. The summed E-state index contributed by atoms with van der Waals surface area (Å²) in [4.78, 5) is 15.8. The summed E-state index contributed by atoms with van der Waals surface area (Å²) in [5.74, 6) is -0.275. The third kappa shape index (κ3) is 4.18. The molecule has 1 heterocycles. The molecule has 0 saturated carbocycles. The molecule has 3 N–H and O–H groups in total. The van der Waals surface area contributed by atoms with Crippen molar-refractivity contribution in [3.05, 3.63) is 76.4 Å². The zero-order chi connectivity index (χ0) is 19.5. The van der Waals surface area contributed by atoms with E-state index in [1.54, 1.807) is 0 Å². The highest BCUT2D eigenvalue weighted by Gasteiger charge is 2.19. The summed E-state index contributed by atoms with van der Waals surface area (Å²) in [6, 6.07) is 18.1. The second kappa shape index (κ2) is 8.03. The molecule has 28 heavy (non-hydrogen) atoms. The van der Waals surface area contributed by atoms with E-state index in [4.69, 9.17) is 22.3 Å². The van der Waals surface area contributed by atoms with Gasteiger partial charge in [0.05, 0.1) is 5.69 Å². The van der Waals surface area contributed by atoms with Crippen molar-refractivity contribution < 1.29 is 4.79 Å². The highest BCUT2D eigenvalue weighted by atomic mass is 35.5. The number of nitrogens with zero attached hydrogens (tertiary/aromatic N) is 1. The topological polar surface area (TPSA) is 68.0 Å². The number of aromatic nitrogens is 1. The SMILES string of the molecule is NC(=O)CCc1ccc(Nc2cc(-c3cccc(Cl)c3)nc3c2CCC3)cc1. The molecule has 0 aliphatic heterocycles. The fourth-order valence-electron chi connectivity index (χ4n) is 3.63. The number of hydrogen-bond donors (Lipinski definition) is 2. The summed E-state index contributed by atoms with van der Waals surface area (Å²) < 4.78 is 0. The van der Waals surface area contributed by atoms with Gasteiger partial charge in [-0.25, -0.2) is 0 Å². The maximum Gasteiger partial charge on any atom is 0.217 e. The Morgan fingerprint density at radius 1 is 1.11 bits per heavy atom. The van der Waals surface area contributed by atoms with Crippen LogP contribution in [0, 0.1) is 0 Å². The van der Waals surface area contributed by atoms with Crippen LogP contribution in [0.2, 0.25) is 5.02 Å². The quantitative estimate of drug-likeness (QED) is 0.617. The summed E-state index contributed by atoms with van der Waals surface area (Å²) in [6.45, 7) is 0. The number of hydrogen-bond acceptors (Lipinski definition) is 3. The normalized spacial score (nSPS) is 12.6. The van der Waals surface area contributed by atoms with Gasteiger partial charge < -0.3 is 11.1 Å². The van der Waals surface area contributed by atoms with Gasteiger partial charge in [-0.2, -0.15) is 0 Å². The minimum Gasteiger partial charge on any atom is -0.370 e. The van der Waals surface area contributed by atoms with Crippen molar-refractivity contribution in [3.8, 4) is 11.3 Å². The van der Waals surface area contributed by atoms with E-state index in [2.05, 4.69) is 11.4 Å². The van der Waals surface area contributed by atoms with Crippen molar-refractivity contribution in [3.63, 3.8) is 0 Å². The predicted molar refractivity (Wildman–Crippen MR) is 114 cm³/mol. The minimum absolute atomic E-state index is 0.275. The van der Waals surface area contributed by atoms with E-state index in [0.717, 1.165) is 53.2 Å². The van der Waals surface area contributed by atoms with Gasteiger partial charge in [0.15, 0.2) is 0 Å². The Labute approximate surface area is 169 Å². The Balaban J connectivity index is 1.61. The van der Waals surface area contributed by atoms with Crippen LogP contribution in [0.3, 0.4) is 0 Å². The molecule has 4 rings (SSSR count). The largest absolute Gasteiger partial charge is 0.370 e. The minimum atomic E-state index is -0.275. The molecule has 2 aromatic carbocycles. The van der Waals surface area contributed by atoms with Crippen molar-refractivity contribution in [1.82, 2.24) is 4.98 Å². The third-order valence-corrected chi connectivity index (χ3v) is 5.30. The van der Waals surface area contributed by atoms with Crippen LogP contribution in [0.15, 0.2) is 54.6 Å². The Bertz CT molecular complexity index is 1010. The summed E-state index contributed by atoms with van der Waals surface area (Å²) in [5, 5.41) is 4.27. The maximum absolute atomic E-state index is 11.0. The number of anilines is 2. The molecule has 0 fully saturated rings. The zero-order valence-electron chi connectivity index (χ0n) is 15.5. The van der Waals surface area contributed by atoms with Gasteiger partial charge >= 0.3 is 0 Å². The number of amides is 1. The van der Waals surface area contributed by atoms with E-state index in [1.807, 2.05) is 48.5 Å². The molecule has 0 radical (unpaired) electrons. The fourth-order valence-corrected chi connectivity index (χ4v) is 3.82. The first-order valence-corrected chi connectivity index (χ1v) is 9.89. The van der Waals surface area contributed by atoms with Crippen molar-refractivity contribution in [2.24, 2.45) is 5.73 Å². The lowest BCUT2D eigenvalue weighted by Crippen LogP contribution is -2.11. The van der Waals surface area contributed by atoms with Gasteiger partial charge in [0.1, 0.15) is 0 Å². The molecule has 0 bridgehead atoms. The molecule has 3 aromatic rings. The molecule has 1 aliphatic rings. The standard InChI is InChI=1S/C23H22ClN3O/c24-17-4-1-3-16(13-17)21-14-22(19-5-2-6-20(19)27-21)26-18-10-7-15(8-11-18)9-12-23(25)28/h1,3-4,7-8,10-11,13-14H,2,5-6,9,12H2,(H2,25,28)(H,26,27). The van der Waals surface area contributed by atoms with Gasteiger partial charge in [0, 0.05) is 34.1 Å². The van der Waals surface area contributed by atoms with E-state index in [9.17, 15) is 4.79 Å². The second-order valence-corrected chi connectivity index (χ2v) is 7.57. The highest BCUT2D eigenvalue weighted by Crippen LogP contribution is 2.34. The number of primary amides is 1. The number of halogens is 1. The Hall–Kier alpha value is -2.85. The van der Waals surface area contributed by atoms with Crippen molar-refractivity contribution in [2.75, 3.05) is 5.32 Å². The zero-order valence-corrected chi connectivity index (χ0v) is 16.3. The van der Waals surface area contributed by atoms with E-state index in [1.165, 1.54) is 5.56 Å². The van der Waals surface area contributed by atoms with Gasteiger partial charge in [-0.05, 0) is 67.1 Å². The number of carbonyl (C=O) groups is 1. The van der Waals surface area contributed by atoms with Gasteiger partial charge in [-0.15, -0.1) is 0 Å². The lowest BCUT2D eigenvalue weighted by Gasteiger charge is -2.14. The van der Waals surface area contributed by atoms with Crippen LogP contribution in [0.1, 0.15) is 29.7 Å². The van der Waals surface area contributed by atoms with Crippen molar-refractivity contribution >= 4 is 28.9 Å². The van der Waals surface area contributed by atoms with Gasteiger partial charge in [-0.3, -0.25) is 9.78 Å². The first kappa shape index (κ1) is 18.5. The molecular weight excluding hydrogens is 370 g/mol. The predicted octanol–water partition coefficient (Wildman–Crippen LogP) is 5.05. The molecule has 1 amide bonds. The van der Waals surface area contributed by atoms with Crippen LogP contribution in [0.25, 0.3) is 11.3 Å². The molecule has 1 aromatic heterocycles. The first-order valence-electron chi connectivity index (χ1n) is 9.51. The number of pyridine rings is 1. The average molecular weight is 392 g/mol. The van der Waals surface area contributed by atoms with E-state index >= 15 is 0 Å². The van der Waals surface area contributed by atoms with E-state index in [-0.39, 0.29) is 5.91 Å². The van der Waals surface area contributed by atoms with Gasteiger partial charge in [-0.1, -0.05) is 35.9 Å². The number of rotatable bonds is 6. The summed E-state index contributed by atoms with van der Waals surface area (Å²) in [7, 11) is 0. The number of benzene rings is 2. The van der Waals surface area contributed by atoms with Crippen LogP contribution in [0.5, 0.6) is 0 Å². The number of carbonyl (C=O) groups excluding carboxylic acids is 1. The van der Waals surface area contributed by atoms with Crippen LogP contribution < -0.4 is 11.1 Å². The number of fused-ring (bicyclic) bond motifs is 1. The molecule has 0 spiro atoms. The molecule has 0 unspecified atom stereocenters. The average Bonchev–Trinajstić information content (AvgIpc) is 3.16. The molecule has 0 saturated heterocycles. The smallest absolute Gasteiger partial charge is 0.217 e. The molecule has 0 atom stereocenters. The van der Waals surface area contributed by atoms with Crippen molar-refractivity contribution in [2.45, 2.75) is 32.1 Å². The van der Waals surface area contributed by atoms with Crippen LogP contribution >= 0.6 is 11.6 Å². The first-order chi connectivity index (χ1) is 13.6. The monoisotopic (exact) mass is 391 g/mol. The van der Waals surface area contributed by atoms with Gasteiger partial charge in [0.25, 0.3) is 0 Å². The molecule has 4 nitrogen and oxygen atoms in total. The molecule has 5 heteroatoms.